The van der Waals surface area contributed by atoms with Crippen molar-refractivity contribution in [3.63, 3.8) is 0 Å². The van der Waals surface area contributed by atoms with Crippen molar-refractivity contribution in [1.29, 1.82) is 5.26 Å². The molecule has 0 radical (unpaired) electrons. The molecule has 0 spiro atoms. The van der Waals surface area contributed by atoms with E-state index < -0.39 is 0 Å². The summed E-state index contributed by atoms with van der Waals surface area (Å²) in [4.78, 5) is 11.6. The molecule has 224 valence electrons. The predicted octanol–water partition coefficient (Wildman–Crippen LogP) is 5.58. The van der Waals surface area contributed by atoms with Crippen LogP contribution in [0.2, 0.25) is 0 Å². The predicted molar refractivity (Wildman–Crippen MR) is 163 cm³/mol. The van der Waals surface area contributed by atoms with Crippen LogP contribution in [0.15, 0.2) is 65.6 Å². The van der Waals surface area contributed by atoms with E-state index in [-0.39, 0.29) is 12.4 Å². The lowest BCUT2D eigenvalue weighted by molar-refractivity contribution is -0.188. The van der Waals surface area contributed by atoms with E-state index in [2.05, 4.69) is 44.0 Å². The van der Waals surface area contributed by atoms with Crippen LogP contribution in [0.4, 0.5) is 0 Å². The van der Waals surface area contributed by atoms with E-state index in [0.29, 0.717) is 36.5 Å². The van der Waals surface area contributed by atoms with Crippen LogP contribution < -0.4 is 0 Å². The summed E-state index contributed by atoms with van der Waals surface area (Å²) < 4.78 is 19.6. The maximum atomic E-state index is 8.93. The number of nitriles is 1. The molecule has 7 rings (SSSR count). The van der Waals surface area contributed by atoms with Gasteiger partial charge in [0.1, 0.15) is 17.6 Å². The van der Waals surface area contributed by atoms with Crippen molar-refractivity contribution >= 4 is 0 Å². The number of likely N-dealkylation sites (tertiary alicyclic amines) is 1. The maximum Gasteiger partial charge on any atom is 0.167 e. The minimum absolute atomic E-state index is 0.173. The molecule has 9 heteroatoms. The van der Waals surface area contributed by atoms with Gasteiger partial charge in [-0.3, -0.25) is 9.88 Å². The number of rotatable bonds is 9. The third kappa shape index (κ3) is 6.46. The Balaban J connectivity index is 0.921. The van der Waals surface area contributed by atoms with Crippen LogP contribution in [0.25, 0.3) is 11.3 Å². The van der Waals surface area contributed by atoms with Gasteiger partial charge in [-0.15, -0.1) is 0 Å². The van der Waals surface area contributed by atoms with Crippen molar-refractivity contribution < 1.29 is 14.0 Å². The number of imidazole rings is 1. The largest absolute Gasteiger partial charge is 0.356 e. The van der Waals surface area contributed by atoms with Gasteiger partial charge in [0, 0.05) is 74.0 Å². The Hall–Kier alpha value is -4.28. The van der Waals surface area contributed by atoms with E-state index in [9.17, 15) is 0 Å². The number of benzene rings is 1. The normalized spacial score (nSPS) is 23.4. The lowest BCUT2D eigenvalue weighted by Crippen LogP contribution is -2.24. The zero-order valence-corrected chi connectivity index (χ0v) is 24.9. The summed E-state index contributed by atoms with van der Waals surface area (Å²) in [5.41, 5.74) is 4.62. The Morgan fingerprint density at radius 1 is 1.00 bits per heavy atom. The molecular formula is C35H36N6O3. The molecule has 1 saturated carbocycles. The third-order valence-electron chi connectivity index (χ3n) is 9.00. The van der Waals surface area contributed by atoms with Crippen LogP contribution in [0.1, 0.15) is 67.1 Å². The fraction of sp³-hybridized carbons (Fsp3) is 0.429. The van der Waals surface area contributed by atoms with Gasteiger partial charge in [0.05, 0.1) is 18.3 Å². The molecule has 5 heterocycles. The van der Waals surface area contributed by atoms with Gasteiger partial charge >= 0.3 is 0 Å². The number of hydrogen-bond donors (Lipinski definition) is 0. The molecule has 9 nitrogen and oxygen atoms in total. The maximum absolute atomic E-state index is 8.93. The Labute approximate surface area is 257 Å². The van der Waals surface area contributed by atoms with Crippen molar-refractivity contribution in [2.24, 2.45) is 17.8 Å². The summed E-state index contributed by atoms with van der Waals surface area (Å²) >= 11 is 0. The van der Waals surface area contributed by atoms with Gasteiger partial charge in [0.25, 0.3) is 0 Å². The number of pyridine rings is 1. The van der Waals surface area contributed by atoms with Crippen molar-refractivity contribution in [3.05, 3.63) is 89.4 Å². The highest BCUT2D eigenvalue weighted by atomic mass is 16.7. The van der Waals surface area contributed by atoms with Crippen LogP contribution in [-0.4, -0.2) is 50.6 Å². The molecule has 1 aliphatic carbocycles. The summed E-state index contributed by atoms with van der Waals surface area (Å²) in [6.45, 7) is 6.32. The van der Waals surface area contributed by atoms with Crippen LogP contribution in [0, 0.1) is 40.9 Å². The van der Waals surface area contributed by atoms with Crippen LogP contribution >= 0.6 is 0 Å². The monoisotopic (exact) mass is 588 g/mol. The first-order chi connectivity index (χ1) is 21.6. The van der Waals surface area contributed by atoms with E-state index in [4.69, 9.17) is 19.3 Å². The highest BCUT2D eigenvalue weighted by Crippen LogP contribution is 2.53. The Bertz CT molecular complexity index is 1660. The van der Waals surface area contributed by atoms with Crippen molar-refractivity contribution in [2.75, 3.05) is 19.7 Å². The van der Waals surface area contributed by atoms with Crippen molar-refractivity contribution in [3.8, 4) is 29.2 Å². The zero-order valence-electron chi connectivity index (χ0n) is 24.9. The highest BCUT2D eigenvalue weighted by Gasteiger charge is 2.54. The number of aromatic nitrogens is 4. The summed E-state index contributed by atoms with van der Waals surface area (Å²) in [5, 5.41) is 13.2. The molecule has 0 N–H and O–H groups in total. The quantitative estimate of drug-likeness (QED) is 0.234. The summed E-state index contributed by atoms with van der Waals surface area (Å²) in [7, 11) is 0. The molecule has 1 aromatic carbocycles. The molecule has 0 amide bonds. The lowest BCUT2D eigenvalue weighted by atomic mass is 10.1. The number of hydrogen-bond acceptors (Lipinski definition) is 8. The minimum Gasteiger partial charge on any atom is -0.356 e. The van der Waals surface area contributed by atoms with Gasteiger partial charge in [0.15, 0.2) is 12.1 Å². The molecule has 2 aliphatic heterocycles. The average molecular weight is 589 g/mol. The number of fused-ring (bicyclic) bond motifs is 1. The number of ether oxygens (including phenoxy) is 2. The van der Waals surface area contributed by atoms with Gasteiger partial charge in [-0.25, -0.2) is 4.98 Å². The van der Waals surface area contributed by atoms with E-state index in [1.165, 1.54) is 0 Å². The van der Waals surface area contributed by atoms with Crippen LogP contribution in [0.5, 0.6) is 0 Å². The topological polar surface area (TPSA) is 102 Å². The highest BCUT2D eigenvalue weighted by molar-refractivity contribution is 5.59. The first-order valence-corrected chi connectivity index (χ1v) is 15.5. The Morgan fingerprint density at radius 2 is 1.82 bits per heavy atom. The summed E-state index contributed by atoms with van der Waals surface area (Å²) in [6.07, 6.45) is 9.05. The van der Waals surface area contributed by atoms with Gasteiger partial charge < -0.3 is 18.6 Å². The number of piperidine rings is 1. The smallest absolute Gasteiger partial charge is 0.167 e. The number of nitrogens with zero attached hydrogens (tertiary/aromatic N) is 6. The van der Waals surface area contributed by atoms with Gasteiger partial charge in [-0.2, -0.15) is 5.26 Å². The summed E-state index contributed by atoms with van der Waals surface area (Å²) in [5.74, 6) is 10.1. The molecule has 4 aromatic rings. The molecular weight excluding hydrogens is 552 g/mol. The van der Waals surface area contributed by atoms with Gasteiger partial charge in [-0.05, 0) is 80.3 Å². The third-order valence-corrected chi connectivity index (χ3v) is 9.00. The van der Waals surface area contributed by atoms with E-state index in [1.54, 1.807) is 6.20 Å². The van der Waals surface area contributed by atoms with Crippen molar-refractivity contribution in [2.45, 2.75) is 58.1 Å². The molecule has 0 bridgehead atoms. The van der Waals surface area contributed by atoms with Crippen LogP contribution in [0.3, 0.4) is 0 Å². The first kappa shape index (κ1) is 28.5. The molecule has 3 unspecified atom stereocenters. The van der Waals surface area contributed by atoms with E-state index in [0.717, 1.165) is 79.4 Å². The van der Waals surface area contributed by atoms with E-state index in [1.807, 2.05) is 60.3 Å². The van der Waals surface area contributed by atoms with Gasteiger partial charge in [-0.1, -0.05) is 17.0 Å². The SMILES string of the molecule is C[C@H](OC1CCCCO1)c1nccn1Cc1cc(-c2ccc(C#Cc3ccc(CN4CC5C(CC#N)C5C4)nc3)cc2)on1. The zero-order chi connectivity index (χ0) is 29.9. The minimum atomic E-state index is -0.188. The lowest BCUT2D eigenvalue weighted by Gasteiger charge is -2.26. The summed E-state index contributed by atoms with van der Waals surface area (Å²) in [6, 6.07) is 16.4. The second-order valence-corrected chi connectivity index (χ2v) is 12.1. The standard InChI is InChI=1S/C35H36N6O3/c1-24(43-34-4-2-3-17-42-34)35-37-15-16-41(35)21-29-18-33(44-39-29)27-10-7-25(8-11-27)5-6-26-9-12-28(38-19-26)20-40-22-31-30(13-14-36)32(31)23-40/h7-12,15-16,18-19,24,30-32,34H,2-4,13,17,20-23H2,1H3/t24-,30?,31?,32?,34?/m0/s1. The van der Waals surface area contributed by atoms with E-state index >= 15 is 0 Å². The second-order valence-electron chi connectivity index (χ2n) is 12.1. The molecule has 4 atom stereocenters. The average Bonchev–Trinajstić information content (AvgIpc) is 3.53. The molecule has 44 heavy (non-hydrogen) atoms. The molecule has 3 fully saturated rings. The molecule has 2 saturated heterocycles. The molecule has 3 aromatic heterocycles. The fourth-order valence-corrected chi connectivity index (χ4v) is 6.57. The first-order valence-electron chi connectivity index (χ1n) is 15.5. The Morgan fingerprint density at radius 3 is 2.57 bits per heavy atom. The van der Waals surface area contributed by atoms with Crippen molar-refractivity contribution in [1.82, 2.24) is 24.6 Å². The Kier molecular flexibility index (Phi) is 8.26. The molecule has 3 aliphatic rings. The second kappa shape index (κ2) is 12.8. The van der Waals surface area contributed by atoms with Crippen LogP contribution in [-0.2, 0) is 22.6 Å². The fourth-order valence-electron chi connectivity index (χ4n) is 6.57. The van der Waals surface area contributed by atoms with Gasteiger partial charge in [0.2, 0.25) is 0 Å².